The molecule has 0 spiro atoms. The van der Waals surface area contributed by atoms with Crippen molar-refractivity contribution in [3.63, 3.8) is 0 Å². The fourth-order valence-corrected chi connectivity index (χ4v) is 2.12. The first-order valence-corrected chi connectivity index (χ1v) is 5.14. The highest BCUT2D eigenvalue weighted by Gasteiger charge is 2.17. The summed E-state index contributed by atoms with van der Waals surface area (Å²) in [4.78, 5) is 0. The Kier molecular flexibility index (Phi) is 2.36. The van der Waals surface area contributed by atoms with Crippen LogP contribution in [0.1, 0.15) is 36.1 Å². The highest BCUT2D eigenvalue weighted by Crippen LogP contribution is 2.25. The second-order valence-corrected chi connectivity index (χ2v) is 3.87. The molecule has 0 aromatic heterocycles. The molecule has 1 aliphatic rings. The van der Waals surface area contributed by atoms with E-state index in [0.29, 0.717) is 6.04 Å². The van der Waals surface area contributed by atoms with Gasteiger partial charge in [-0.05, 0) is 37.4 Å². The monoisotopic (exact) mass is 175 g/mol. The molecule has 0 saturated carbocycles. The van der Waals surface area contributed by atoms with Gasteiger partial charge in [0.2, 0.25) is 0 Å². The molecule has 1 heteroatoms. The van der Waals surface area contributed by atoms with Crippen LogP contribution in [0.3, 0.4) is 0 Å². The van der Waals surface area contributed by atoms with Crippen molar-refractivity contribution in [3.05, 3.63) is 34.9 Å². The predicted molar refractivity (Wildman–Crippen MR) is 55.9 cm³/mol. The van der Waals surface area contributed by atoms with E-state index in [9.17, 15) is 0 Å². The zero-order valence-electron chi connectivity index (χ0n) is 8.43. The summed E-state index contributed by atoms with van der Waals surface area (Å²) in [7, 11) is 0. The lowest BCUT2D eigenvalue weighted by Gasteiger charge is -2.26. The standard InChI is InChI=1S/C12H17N/c1-3-12-11-8-9(2)4-5-10(11)6-7-13-12/h4-5,8,12-13H,3,6-7H2,1-2H3. The smallest absolute Gasteiger partial charge is 0.0320 e. The van der Waals surface area contributed by atoms with E-state index in [2.05, 4.69) is 37.4 Å². The molecule has 1 heterocycles. The Morgan fingerprint density at radius 1 is 1.46 bits per heavy atom. The highest BCUT2D eigenvalue weighted by atomic mass is 14.9. The fraction of sp³-hybridized carbons (Fsp3) is 0.500. The van der Waals surface area contributed by atoms with Crippen molar-refractivity contribution in [1.29, 1.82) is 0 Å². The van der Waals surface area contributed by atoms with E-state index in [1.54, 1.807) is 0 Å². The van der Waals surface area contributed by atoms with Crippen molar-refractivity contribution in [2.45, 2.75) is 32.7 Å². The molecule has 1 atom stereocenters. The van der Waals surface area contributed by atoms with E-state index < -0.39 is 0 Å². The van der Waals surface area contributed by atoms with Gasteiger partial charge in [-0.2, -0.15) is 0 Å². The molecule has 70 valence electrons. The van der Waals surface area contributed by atoms with E-state index in [4.69, 9.17) is 0 Å². The van der Waals surface area contributed by atoms with Crippen LogP contribution in [-0.4, -0.2) is 6.54 Å². The normalized spacial score (nSPS) is 21.2. The van der Waals surface area contributed by atoms with E-state index in [1.807, 2.05) is 0 Å². The third-order valence-electron chi connectivity index (χ3n) is 2.87. The summed E-state index contributed by atoms with van der Waals surface area (Å²) in [5.41, 5.74) is 4.44. The summed E-state index contributed by atoms with van der Waals surface area (Å²) < 4.78 is 0. The molecule has 0 saturated heterocycles. The van der Waals surface area contributed by atoms with Gasteiger partial charge in [-0.1, -0.05) is 30.7 Å². The van der Waals surface area contributed by atoms with Crippen LogP contribution < -0.4 is 5.32 Å². The molecule has 2 rings (SSSR count). The van der Waals surface area contributed by atoms with Crippen LogP contribution in [0.25, 0.3) is 0 Å². The summed E-state index contributed by atoms with van der Waals surface area (Å²) in [5.74, 6) is 0. The zero-order chi connectivity index (χ0) is 9.26. The summed E-state index contributed by atoms with van der Waals surface area (Å²) in [5, 5.41) is 3.55. The summed E-state index contributed by atoms with van der Waals surface area (Å²) in [6.07, 6.45) is 2.38. The quantitative estimate of drug-likeness (QED) is 0.691. The first-order valence-electron chi connectivity index (χ1n) is 5.14. The van der Waals surface area contributed by atoms with Crippen molar-refractivity contribution in [2.75, 3.05) is 6.54 Å². The highest BCUT2D eigenvalue weighted by molar-refractivity contribution is 5.35. The molecule has 1 nitrogen and oxygen atoms in total. The van der Waals surface area contributed by atoms with E-state index in [-0.39, 0.29) is 0 Å². The minimum atomic E-state index is 0.587. The van der Waals surface area contributed by atoms with Crippen LogP contribution >= 0.6 is 0 Å². The minimum absolute atomic E-state index is 0.587. The number of fused-ring (bicyclic) bond motifs is 1. The zero-order valence-corrected chi connectivity index (χ0v) is 8.43. The van der Waals surface area contributed by atoms with Crippen LogP contribution in [0.5, 0.6) is 0 Å². The van der Waals surface area contributed by atoms with Gasteiger partial charge in [0.1, 0.15) is 0 Å². The van der Waals surface area contributed by atoms with Crippen molar-refractivity contribution in [3.8, 4) is 0 Å². The number of hydrogen-bond donors (Lipinski definition) is 1. The lowest BCUT2D eigenvalue weighted by molar-refractivity contribution is 0.492. The first kappa shape index (κ1) is 8.76. The Labute approximate surface area is 80.2 Å². The third-order valence-corrected chi connectivity index (χ3v) is 2.87. The summed E-state index contributed by atoms with van der Waals surface area (Å²) >= 11 is 0. The van der Waals surface area contributed by atoms with Gasteiger partial charge in [0, 0.05) is 6.04 Å². The number of hydrogen-bond acceptors (Lipinski definition) is 1. The van der Waals surface area contributed by atoms with Crippen LogP contribution in [0.4, 0.5) is 0 Å². The molecule has 0 amide bonds. The van der Waals surface area contributed by atoms with Crippen molar-refractivity contribution in [2.24, 2.45) is 0 Å². The summed E-state index contributed by atoms with van der Waals surface area (Å²) in [6, 6.07) is 7.42. The lowest BCUT2D eigenvalue weighted by atomic mass is 9.91. The maximum absolute atomic E-state index is 3.55. The molecule has 13 heavy (non-hydrogen) atoms. The lowest BCUT2D eigenvalue weighted by Crippen LogP contribution is -2.29. The predicted octanol–water partition coefficient (Wildman–Crippen LogP) is 2.59. The Morgan fingerprint density at radius 2 is 2.31 bits per heavy atom. The van der Waals surface area contributed by atoms with Gasteiger partial charge in [-0.15, -0.1) is 0 Å². The second-order valence-electron chi connectivity index (χ2n) is 3.87. The number of rotatable bonds is 1. The molecule has 1 aromatic carbocycles. The topological polar surface area (TPSA) is 12.0 Å². The molecule has 0 aliphatic carbocycles. The Balaban J connectivity index is 2.41. The largest absolute Gasteiger partial charge is 0.310 e. The van der Waals surface area contributed by atoms with Crippen molar-refractivity contribution >= 4 is 0 Å². The van der Waals surface area contributed by atoms with Crippen LogP contribution in [-0.2, 0) is 6.42 Å². The van der Waals surface area contributed by atoms with Crippen molar-refractivity contribution < 1.29 is 0 Å². The number of benzene rings is 1. The molecular formula is C12H17N. The van der Waals surface area contributed by atoms with Gasteiger partial charge >= 0.3 is 0 Å². The summed E-state index contributed by atoms with van der Waals surface area (Å²) in [6.45, 7) is 5.55. The van der Waals surface area contributed by atoms with Crippen LogP contribution in [0.2, 0.25) is 0 Å². The number of nitrogens with one attached hydrogen (secondary N) is 1. The maximum atomic E-state index is 3.55. The fourth-order valence-electron chi connectivity index (χ4n) is 2.12. The molecule has 0 radical (unpaired) electrons. The first-order chi connectivity index (χ1) is 6.31. The molecular weight excluding hydrogens is 158 g/mol. The maximum Gasteiger partial charge on any atom is 0.0320 e. The molecule has 0 bridgehead atoms. The van der Waals surface area contributed by atoms with E-state index >= 15 is 0 Å². The Hall–Kier alpha value is -0.820. The molecule has 1 N–H and O–H groups in total. The van der Waals surface area contributed by atoms with Crippen LogP contribution in [0, 0.1) is 6.92 Å². The van der Waals surface area contributed by atoms with Gasteiger partial charge in [-0.25, -0.2) is 0 Å². The number of aryl methyl sites for hydroxylation is 1. The average Bonchev–Trinajstić information content (AvgIpc) is 2.17. The molecule has 0 fully saturated rings. The molecule has 1 unspecified atom stereocenters. The van der Waals surface area contributed by atoms with Gasteiger partial charge in [0.15, 0.2) is 0 Å². The van der Waals surface area contributed by atoms with Gasteiger partial charge < -0.3 is 5.32 Å². The van der Waals surface area contributed by atoms with Crippen molar-refractivity contribution in [1.82, 2.24) is 5.32 Å². The third kappa shape index (κ3) is 1.61. The second kappa shape index (κ2) is 3.51. The minimum Gasteiger partial charge on any atom is -0.310 e. The molecule has 1 aromatic rings. The van der Waals surface area contributed by atoms with E-state index in [0.717, 1.165) is 6.54 Å². The van der Waals surface area contributed by atoms with Gasteiger partial charge in [0.05, 0.1) is 0 Å². The van der Waals surface area contributed by atoms with E-state index in [1.165, 1.54) is 29.5 Å². The average molecular weight is 175 g/mol. The Morgan fingerprint density at radius 3 is 3.08 bits per heavy atom. The SMILES string of the molecule is CCC1NCCc2ccc(C)cc21. The van der Waals surface area contributed by atoms with Crippen LogP contribution in [0.15, 0.2) is 18.2 Å². The van der Waals surface area contributed by atoms with Gasteiger partial charge in [-0.3, -0.25) is 0 Å². The van der Waals surface area contributed by atoms with Gasteiger partial charge in [0.25, 0.3) is 0 Å². The molecule has 1 aliphatic heterocycles. The Bertz CT molecular complexity index is 304.